The molecule has 0 aliphatic carbocycles. The van der Waals surface area contributed by atoms with E-state index >= 15 is 0 Å². The van der Waals surface area contributed by atoms with Crippen LogP contribution in [0, 0.1) is 0 Å². The average molecular weight is 186 g/mol. The Morgan fingerprint density at radius 3 is 2.92 bits per heavy atom. The maximum Gasteiger partial charge on any atom is 0.0844 e. The van der Waals surface area contributed by atoms with Crippen LogP contribution in [0.2, 0.25) is 0 Å². The molecule has 1 aliphatic heterocycles. The maximum absolute atomic E-state index is 9.74. The highest BCUT2D eigenvalue weighted by Crippen LogP contribution is 2.22. The Labute approximate surface area is 80.7 Å². The van der Waals surface area contributed by atoms with Gasteiger partial charge in [0, 0.05) is 12.1 Å². The van der Waals surface area contributed by atoms with Crippen LogP contribution in [0.15, 0.2) is 0 Å². The molecule has 4 N–H and O–H groups in total. The molecule has 0 amide bonds. The van der Waals surface area contributed by atoms with Crippen LogP contribution in [0.1, 0.15) is 39.0 Å². The van der Waals surface area contributed by atoms with Crippen molar-refractivity contribution in [2.24, 2.45) is 5.73 Å². The van der Waals surface area contributed by atoms with Crippen molar-refractivity contribution >= 4 is 0 Å². The topological polar surface area (TPSA) is 58.3 Å². The van der Waals surface area contributed by atoms with E-state index < -0.39 is 0 Å². The summed E-state index contributed by atoms with van der Waals surface area (Å²) in [5.74, 6) is 0. The van der Waals surface area contributed by atoms with Crippen LogP contribution >= 0.6 is 0 Å². The van der Waals surface area contributed by atoms with Gasteiger partial charge in [0.05, 0.1) is 6.10 Å². The van der Waals surface area contributed by atoms with Crippen LogP contribution in [0.25, 0.3) is 0 Å². The van der Waals surface area contributed by atoms with Crippen molar-refractivity contribution in [1.29, 1.82) is 0 Å². The van der Waals surface area contributed by atoms with Crippen molar-refractivity contribution in [1.82, 2.24) is 5.32 Å². The predicted molar refractivity (Wildman–Crippen MR) is 54.6 cm³/mol. The van der Waals surface area contributed by atoms with Crippen LogP contribution in [0.3, 0.4) is 0 Å². The third kappa shape index (κ3) is 2.93. The van der Waals surface area contributed by atoms with Gasteiger partial charge in [-0.1, -0.05) is 26.2 Å². The van der Waals surface area contributed by atoms with E-state index in [1.165, 1.54) is 12.8 Å². The van der Waals surface area contributed by atoms with Crippen molar-refractivity contribution in [3.8, 4) is 0 Å². The fourth-order valence-corrected chi connectivity index (χ4v) is 1.93. The molecular formula is C10H22N2O. The summed E-state index contributed by atoms with van der Waals surface area (Å²) in [6.45, 7) is 3.78. The van der Waals surface area contributed by atoms with Crippen molar-refractivity contribution in [3.05, 3.63) is 0 Å². The Kier molecular flexibility index (Phi) is 4.16. The van der Waals surface area contributed by atoms with Crippen LogP contribution in [-0.4, -0.2) is 29.8 Å². The number of hydrogen-bond donors (Lipinski definition) is 3. The maximum atomic E-state index is 9.74. The lowest BCUT2D eigenvalue weighted by Gasteiger charge is -2.38. The Morgan fingerprint density at radius 2 is 2.31 bits per heavy atom. The lowest BCUT2D eigenvalue weighted by molar-refractivity contribution is 0.0517. The zero-order chi connectivity index (χ0) is 9.73. The SMILES string of the molecule is CCCCCC1(N)CCNCC1O. The van der Waals surface area contributed by atoms with Gasteiger partial charge in [0.2, 0.25) is 0 Å². The molecule has 0 aromatic rings. The molecule has 2 unspecified atom stereocenters. The lowest BCUT2D eigenvalue weighted by Crippen LogP contribution is -2.59. The standard InChI is InChI=1S/C10H22N2O/c1-2-3-4-5-10(11)6-7-12-8-9(10)13/h9,12-13H,2-8,11H2,1H3. The minimum Gasteiger partial charge on any atom is -0.390 e. The van der Waals surface area contributed by atoms with E-state index in [9.17, 15) is 5.11 Å². The number of nitrogens with two attached hydrogens (primary N) is 1. The number of unbranched alkanes of at least 4 members (excludes halogenated alkanes) is 2. The van der Waals surface area contributed by atoms with Gasteiger partial charge in [-0.15, -0.1) is 0 Å². The second kappa shape index (κ2) is 4.94. The molecule has 0 aromatic heterocycles. The summed E-state index contributed by atoms with van der Waals surface area (Å²) in [5, 5.41) is 12.9. The zero-order valence-corrected chi connectivity index (χ0v) is 8.55. The molecule has 0 spiro atoms. The van der Waals surface area contributed by atoms with E-state index in [2.05, 4.69) is 12.2 Å². The first-order valence-corrected chi connectivity index (χ1v) is 5.37. The third-order valence-corrected chi connectivity index (χ3v) is 3.01. The molecule has 0 saturated carbocycles. The van der Waals surface area contributed by atoms with Crippen LogP contribution in [0.5, 0.6) is 0 Å². The van der Waals surface area contributed by atoms with Crippen molar-refractivity contribution < 1.29 is 5.11 Å². The molecule has 1 fully saturated rings. The van der Waals surface area contributed by atoms with Gasteiger partial charge in [-0.25, -0.2) is 0 Å². The molecule has 1 heterocycles. The van der Waals surface area contributed by atoms with Gasteiger partial charge in [0.1, 0.15) is 0 Å². The minimum absolute atomic E-state index is 0.319. The quantitative estimate of drug-likeness (QED) is 0.564. The molecule has 3 nitrogen and oxygen atoms in total. The van der Waals surface area contributed by atoms with Gasteiger partial charge in [-0.05, 0) is 19.4 Å². The first-order chi connectivity index (χ1) is 6.19. The van der Waals surface area contributed by atoms with Gasteiger partial charge in [0.15, 0.2) is 0 Å². The second-order valence-corrected chi connectivity index (χ2v) is 4.16. The van der Waals surface area contributed by atoms with Crippen molar-refractivity contribution in [2.75, 3.05) is 13.1 Å². The lowest BCUT2D eigenvalue weighted by atomic mass is 9.82. The molecule has 1 saturated heterocycles. The van der Waals surface area contributed by atoms with Gasteiger partial charge >= 0.3 is 0 Å². The van der Waals surface area contributed by atoms with Gasteiger partial charge < -0.3 is 16.2 Å². The van der Waals surface area contributed by atoms with Crippen molar-refractivity contribution in [3.63, 3.8) is 0 Å². The number of rotatable bonds is 4. The highest BCUT2D eigenvalue weighted by molar-refractivity contribution is 4.96. The van der Waals surface area contributed by atoms with E-state index in [1.807, 2.05) is 0 Å². The zero-order valence-electron chi connectivity index (χ0n) is 8.55. The minimum atomic E-state index is -0.363. The largest absolute Gasteiger partial charge is 0.390 e. The van der Waals surface area contributed by atoms with Crippen LogP contribution in [-0.2, 0) is 0 Å². The molecule has 2 atom stereocenters. The van der Waals surface area contributed by atoms with Gasteiger partial charge in [-0.3, -0.25) is 0 Å². The number of aliphatic hydroxyl groups excluding tert-OH is 1. The Hall–Kier alpha value is -0.120. The fraction of sp³-hybridized carbons (Fsp3) is 1.00. The van der Waals surface area contributed by atoms with Crippen LogP contribution in [0.4, 0.5) is 0 Å². The second-order valence-electron chi connectivity index (χ2n) is 4.16. The predicted octanol–water partition coefficient (Wildman–Crippen LogP) is 0.618. The summed E-state index contributed by atoms with van der Waals surface area (Å²) in [7, 11) is 0. The number of piperidine rings is 1. The number of nitrogens with one attached hydrogen (secondary N) is 1. The first kappa shape index (κ1) is 11.0. The summed E-state index contributed by atoms with van der Waals surface area (Å²) in [5.41, 5.74) is 5.83. The molecule has 78 valence electrons. The van der Waals surface area contributed by atoms with Crippen molar-refractivity contribution in [2.45, 2.75) is 50.7 Å². The summed E-state index contributed by atoms with van der Waals surface area (Å²) < 4.78 is 0. The van der Waals surface area contributed by atoms with E-state index in [1.54, 1.807) is 0 Å². The normalized spacial score (nSPS) is 34.8. The number of β-amino-alcohol motifs (C(OH)–C–C–N with tert-alkyl or cyclic N) is 1. The Balaban J connectivity index is 2.33. The third-order valence-electron chi connectivity index (χ3n) is 3.01. The fourth-order valence-electron chi connectivity index (χ4n) is 1.93. The highest BCUT2D eigenvalue weighted by Gasteiger charge is 2.35. The molecule has 0 bridgehead atoms. The molecule has 0 aromatic carbocycles. The summed E-state index contributed by atoms with van der Waals surface area (Å²) in [6.07, 6.45) is 5.08. The van der Waals surface area contributed by atoms with E-state index in [-0.39, 0.29) is 11.6 Å². The summed E-state index contributed by atoms with van der Waals surface area (Å²) >= 11 is 0. The Morgan fingerprint density at radius 1 is 1.54 bits per heavy atom. The van der Waals surface area contributed by atoms with Gasteiger partial charge in [0.25, 0.3) is 0 Å². The first-order valence-electron chi connectivity index (χ1n) is 5.37. The molecule has 0 radical (unpaired) electrons. The van der Waals surface area contributed by atoms with Gasteiger partial charge in [-0.2, -0.15) is 0 Å². The van der Waals surface area contributed by atoms with E-state index in [0.29, 0.717) is 6.54 Å². The highest BCUT2D eigenvalue weighted by atomic mass is 16.3. The number of aliphatic hydroxyl groups is 1. The summed E-state index contributed by atoms with van der Waals surface area (Å²) in [6, 6.07) is 0. The average Bonchev–Trinajstić information content (AvgIpc) is 2.11. The number of hydrogen-bond acceptors (Lipinski definition) is 3. The molecule has 1 rings (SSSR count). The molecule has 3 heteroatoms. The molecular weight excluding hydrogens is 164 g/mol. The van der Waals surface area contributed by atoms with Crippen LogP contribution < -0.4 is 11.1 Å². The Bertz CT molecular complexity index is 152. The molecule has 13 heavy (non-hydrogen) atoms. The van der Waals surface area contributed by atoms with E-state index in [0.717, 1.165) is 25.8 Å². The van der Waals surface area contributed by atoms with E-state index in [4.69, 9.17) is 5.73 Å². The monoisotopic (exact) mass is 186 g/mol. The smallest absolute Gasteiger partial charge is 0.0844 e. The molecule has 1 aliphatic rings. The summed E-state index contributed by atoms with van der Waals surface area (Å²) in [4.78, 5) is 0.